The molecular formula is C17H18Cl2N4O. The van der Waals surface area contributed by atoms with E-state index in [0.29, 0.717) is 33.1 Å². The Labute approximate surface area is 150 Å². The van der Waals surface area contributed by atoms with E-state index in [9.17, 15) is 4.79 Å². The SMILES string of the molecule is NC1CCC2CN(C(=O)c3cnn(-c4ccc(Cl)cc4Cl)c3)CC12. The molecule has 3 unspecified atom stereocenters. The number of nitrogens with two attached hydrogens (primary N) is 1. The van der Waals surface area contributed by atoms with Crippen molar-refractivity contribution in [3.63, 3.8) is 0 Å². The van der Waals surface area contributed by atoms with Gasteiger partial charge in [0.05, 0.1) is 22.5 Å². The molecule has 2 N–H and O–H groups in total. The molecule has 3 atom stereocenters. The molecule has 1 saturated carbocycles. The minimum atomic E-state index is 0.00735. The zero-order valence-corrected chi connectivity index (χ0v) is 14.5. The van der Waals surface area contributed by atoms with Crippen molar-refractivity contribution in [3.05, 3.63) is 46.2 Å². The quantitative estimate of drug-likeness (QED) is 0.890. The Balaban J connectivity index is 1.54. The minimum Gasteiger partial charge on any atom is -0.338 e. The number of rotatable bonds is 2. The first-order chi connectivity index (χ1) is 11.5. The normalized spacial score (nSPS) is 26.0. The molecule has 7 heteroatoms. The number of carbonyl (C=O) groups is 1. The van der Waals surface area contributed by atoms with Crippen LogP contribution in [-0.2, 0) is 0 Å². The summed E-state index contributed by atoms with van der Waals surface area (Å²) in [5.74, 6) is 0.993. The maximum Gasteiger partial charge on any atom is 0.257 e. The van der Waals surface area contributed by atoms with Crippen molar-refractivity contribution in [3.8, 4) is 5.69 Å². The highest BCUT2D eigenvalue weighted by atomic mass is 35.5. The van der Waals surface area contributed by atoms with E-state index in [2.05, 4.69) is 5.10 Å². The molecule has 1 aliphatic carbocycles. The lowest BCUT2D eigenvalue weighted by molar-refractivity contribution is 0.0779. The number of fused-ring (bicyclic) bond motifs is 1. The number of halogens is 2. The van der Waals surface area contributed by atoms with Crippen LogP contribution < -0.4 is 5.73 Å². The number of carbonyl (C=O) groups excluding carboxylic acids is 1. The van der Waals surface area contributed by atoms with Crippen LogP contribution in [0.15, 0.2) is 30.6 Å². The van der Waals surface area contributed by atoms with Crippen LogP contribution in [-0.4, -0.2) is 39.7 Å². The fourth-order valence-corrected chi connectivity index (χ4v) is 4.38. The highest BCUT2D eigenvalue weighted by molar-refractivity contribution is 6.35. The third-order valence-corrected chi connectivity index (χ3v) is 5.72. The van der Waals surface area contributed by atoms with E-state index in [-0.39, 0.29) is 11.9 Å². The van der Waals surface area contributed by atoms with Gasteiger partial charge in [0.25, 0.3) is 5.91 Å². The standard InChI is InChI=1S/C17H18Cl2N4O/c18-12-2-4-16(14(19)5-12)23-8-11(6-21-23)17(24)22-7-10-1-3-15(20)13(10)9-22/h2,4-6,8,10,13,15H,1,3,7,9,20H2. The molecule has 2 aliphatic rings. The zero-order valence-electron chi connectivity index (χ0n) is 13.0. The second-order valence-electron chi connectivity index (χ2n) is 6.64. The largest absolute Gasteiger partial charge is 0.338 e. The molecule has 0 bridgehead atoms. The highest BCUT2D eigenvalue weighted by Crippen LogP contribution is 2.37. The molecule has 1 aromatic carbocycles. The van der Waals surface area contributed by atoms with Crippen molar-refractivity contribution in [1.82, 2.24) is 14.7 Å². The Morgan fingerprint density at radius 1 is 1.25 bits per heavy atom. The summed E-state index contributed by atoms with van der Waals surface area (Å²) < 4.78 is 1.61. The van der Waals surface area contributed by atoms with Crippen LogP contribution in [0.5, 0.6) is 0 Å². The van der Waals surface area contributed by atoms with Crippen LogP contribution in [0.25, 0.3) is 5.69 Å². The average Bonchev–Trinajstić information content (AvgIpc) is 3.24. The van der Waals surface area contributed by atoms with E-state index in [0.717, 1.165) is 25.9 Å². The maximum absolute atomic E-state index is 12.7. The minimum absolute atomic E-state index is 0.00735. The zero-order chi connectivity index (χ0) is 16.8. The Morgan fingerprint density at radius 2 is 2.08 bits per heavy atom. The Bertz CT molecular complexity index is 791. The van der Waals surface area contributed by atoms with E-state index in [4.69, 9.17) is 28.9 Å². The van der Waals surface area contributed by atoms with Gasteiger partial charge in [0.2, 0.25) is 0 Å². The van der Waals surface area contributed by atoms with Crippen molar-refractivity contribution in [2.45, 2.75) is 18.9 Å². The third-order valence-electron chi connectivity index (χ3n) is 5.19. The lowest BCUT2D eigenvalue weighted by Crippen LogP contribution is -2.33. The number of hydrogen-bond acceptors (Lipinski definition) is 3. The molecule has 1 amide bonds. The van der Waals surface area contributed by atoms with Gasteiger partial charge in [-0.05, 0) is 42.9 Å². The molecule has 1 aliphatic heterocycles. The van der Waals surface area contributed by atoms with Crippen LogP contribution in [0, 0.1) is 11.8 Å². The number of aromatic nitrogens is 2. The molecule has 2 aromatic rings. The molecule has 0 spiro atoms. The van der Waals surface area contributed by atoms with E-state index >= 15 is 0 Å². The van der Waals surface area contributed by atoms with E-state index in [1.165, 1.54) is 0 Å². The van der Waals surface area contributed by atoms with Gasteiger partial charge < -0.3 is 10.6 Å². The summed E-state index contributed by atoms with van der Waals surface area (Å²) in [6, 6.07) is 5.41. The van der Waals surface area contributed by atoms with Crippen molar-refractivity contribution >= 4 is 29.1 Å². The smallest absolute Gasteiger partial charge is 0.257 e. The van der Waals surface area contributed by atoms with Gasteiger partial charge in [0.1, 0.15) is 0 Å². The van der Waals surface area contributed by atoms with E-state index < -0.39 is 0 Å². The first-order valence-corrected chi connectivity index (χ1v) is 8.83. The summed E-state index contributed by atoms with van der Waals surface area (Å²) in [4.78, 5) is 14.6. The second kappa shape index (κ2) is 6.06. The topological polar surface area (TPSA) is 64.2 Å². The molecule has 24 heavy (non-hydrogen) atoms. The van der Waals surface area contributed by atoms with Crippen LogP contribution in [0.1, 0.15) is 23.2 Å². The molecule has 126 valence electrons. The predicted octanol–water partition coefficient (Wildman–Crippen LogP) is 2.99. The maximum atomic E-state index is 12.7. The fourth-order valence-electron chi connectivity index (χ4n) is 3.89. The summed E-state index contributed by atoms with van der Waals surface area (Å²) in [5.41, 5.74) is 7.41. The number of likely N-dealkylation sites (tertiary alicyclic amines) is 1. The van der Waals surface area contributed by atoms with Crippen LogP contribution in [0.2, 0.25) is 10.0 Å². The van der Waals surface area contributed by atoms with Crippen molar-refractivity contribution in [2.24, 2.45) is 17.6 Å². The molecule has 5 nitrogen and oxygen atoms in total. The number of amides is 1. The lowest BCUT2D eigenvalue weighted by Gasteiger charge is -2.17. The van der Waals surface area contributed by atoms with Crippen molar-refractivity contribution in [2.75, 3.05) is 13.1 Å². The first-order valence-electron chi connectivity index (χ1n) is 8.08. The van der Waals surface area contributed by atoms with Gasteiger partial charge in [0.15, 0.2) is 0 Å². The molecular weight excluding hydrogens is 347 g/mol. The third kappa shape index (κ3) is 2.70. The van der Waals surface area contributed by atoms with Gasteiger partial charge in [-0.3, -0.25) is 4.79 Å². The van der Waals surface area contributed by atoms with E-state index in [1.54, 1.807) is 35.3 Å². The first kappa shape index (κ1) is 15.9. The van der Waals surface area contributed by atoms with Crippen molar-refractivity contribution < 1.29 is 4.79 Å². The molecule has 1 aromatic heterocycles. The van der Waals surface area contributed by atoms with Gasteiger partial charge in [-0.25, -0.2) is 4.68 Å². The predicted molar refractivity (Wildman–Crippen MR) is 93.7 cm³/mol. The molecule has 2 heterocycles. The highest BCUT2D eigenvalue weighted by Gasteiger charge is 2.42. The van der Waals surface area contributed by atoms with Crippen LogP contribution in [0.4, 0.5) is 0 Å². The van der Waals surface area contributed by atoms with Gasteiger partial charge in [-0.15, -0.1) is 0 Å². The molecule has 2 fully saturated rings. The Kier molecular flexibility index (Phi) is 4.03. The lowest BCUT2D eigenvalue weighted by atomic mass is 9.98. The summed E-state index contributed by atoms with van der Waals surface area (Å²) in [7, 11) is 0. The summed E-state index contributed by atoms with van der Waals surface area (Å²) in [6.45, 7) is 1.54. The van der Waals surface area contributed by atoms with Crippen molar-refractivity contribution in [1.29, 1.82) is 0 Å². The van der Waals surface area contributed by atoms with Crippen LogP contribution in [0.3, 0.4) is 0 Å². The Hall–Kier alpha value is -1.56. The van der Waals surface area contributed by atoms with Gasteiger partial charge in [-0.1, -0.05) is 23.2 Å². The molecule has 0 radical (unpaired) electrons. The number of nitrogens with zero attached hydrogens (tertiary/aromatic N) is 3. The van der Waals surface area contributed by atoms with Gasteiger partial charge in [-0.2, -0.15) is 5.10 Å². The van der Waals surface area contributed by atoms with Crippen LogP contribution >= 0.6 is 23.2 Å². The second-order valence-corrected chi connectivity index (χ2v) is 7.49. The monoisotopic (exact) mass is 364 g/mol. The van der Waals surface area contributed by atoms with Gasteiger partial charge >= 0.3 is 0 Å². The Morgan fingerprint density at radius 3 is 2.83 bits per heavy atom. The number of benzene rings is 1. The molecule has 4 rings (SSSR count). The number of hydrogen-bond donors (Lipinski definition) is 1. The summed E-state index contributed by atoms with van der Waals surface area (Å²) >= 11 is 12.1. The van der Waals surface area contributed by atoms with Gasteiger partial charge in [0, 0.05) is 30.4 Å². The fraction of sp³-hybridized carbons (Fsp3) is 0.412. The van der Waals surface area contributed by atoms with E-state index in [1.807, 2.05) is 4.90 Å². The average molecular weight is 365 g/mol. The summed E-state index contributed by atoms with van der Waals surface area (Å²) in [6.07, 6.45) is 5.49. The summed E-state index contributed by atoms with van der Waals surface area (Å²) in [5, 5.41) is 5.33. The molecule has 1 saturated heterocycles.